The van der Waals surface area contributed by atoms with Gasteiger partial charge in [-0.3, -0.25) is 9.59 Å². The first-order valence-electron chi connectivity index (χ1n) is 6.67. The van der Waals surface area contributed by atoms with Gasteiger partial charge in [-0.15, -0.1) is 0 Å². The number of carbonyl (C=O) groups is 2. The van der Waals surface area contributed by atoms with Crippen molar-refractivity contribution in [3.63, 3.8) is 0 Å². The highest BCUT2D eigenvalue weighted by Crippen LogP contribution is 2.33. The average molecular weight is 293 g/mol. The molecule has 2 heterocycles. The number of carbonyl (C=O) groups excluding carboxylic acids is 1. The maximum atomic E-state index is 12.3. The lowest BCUT2D eigenvalue weighted by Crippen LogP contribution is -2.42. The fraction of sp³-hybridized carbons (Fsp3) is 0.429. The molecule has 112 valence electrons. The van der Waals surface area contributed by atoms with Crippen molar-refractivity contribution in [2.45, 2.75) is 6.04 Å². The lowest BCUT2D eigenvalue weighted by Gasteiger charge is -2.22. The minimum atomic E-state index is -0.979. The van der Waals surface area contributed by atoms with Crippen LogP contribution in [-0.4, -0.2) is 49.5 Å². The molecule has 0 spiro atoms. The molecule has 0 aliphatic carbocycles. The smallest absolute Gasteiger partial charge is 0.311 e. The van der Waals surface area contributed by atoms with Crippen LogP contribution in [0.2, 0.25) is 0 Å². The van der Waals surface area contributed by atoms with Gasteiger partial charge >= 0.3 is 5.97 Å². The Morgan fingerprint density at radius 2 is 2.00 bits per heavy atom. The number of ether oxygens (including phenoxy) is 3. The van der Waals surface area contributed by atoms with E-state index in [1.807, 2.05) is 0 Å². The van der Waals surface area contributed by atoms with Crippen LogP contribution < -0.4 is 14.8 Å². The van der Waals surface area contributed by atoms with E-state index < -0.39 is 17.9 Å². The third-order valence-corrected chi connectivity index (χ3v) is 3.53. The van der Waals surface area contributed by atoms with E-state index in [4.69, 9.17) is 19.3 Å². The Hall–Kier alpha value is -2.28. The zero-order valence-corrected chi connectivity index (χ0v) is 11.2. The van der Waals surface area contributed by atoms with Gasteiger partial charge in [0.1, 0.15) is 19.1 Å². The largest absolute Gasteiger partial charge is 0.486 e. The Morgan fingerprint density at radius 1 is 1.19 bits per heavy atom. The molecule has 2 unspecified atom stereocenters. The first-order chi connectivity index (χ1) is 10.2. The summed E-state index contributed by atoms with van der Waals surface area (Å²) in [4.78, 5) is 23.4. The third kappa shape index (κ3) is 2.64. The maximum absolute atomic E-state index is 12.3. The predicted molar refractivity (Wildman–Crippen MR) is 70.6 cm³/mol. The van der Waals surface area contributed by atoms with Crippen molar-refractivity contribution in [2.24, 2.45) is 5.92 Å². The Balaban J connectivity index is 1.78. The molecule has 1 aromatic carbocycles. The zero-order chi connectivity index (χ0) is 14.8. The summed E-state index contributed by atoms with van der Waals surface area (Å²) in [6.07, 6.45) is 0. The second-order valence-corrected chi connectivity index (χ2v) is 4.89. The van der Waals surface area contributed by atoms with Crippen LogP contribution in [0.15, 0.2) is 18.2 Å². The van der Waals surface area contributed by atoms with Gasteiger partial charge in [-0.1, -0.05) is 6.07 Å². The summed E-state index contributed by atoms with van der Waals surface area (Å²) in [6, 6.07) is 4.50. The Bertz CT molecular complexity index is 573. The molecule has 1 saturated heterocycles. The van der Waals surface area contributed by atoms with Crippen molar-refractivity contribution in [2.75, 3.05) is 26.4 Å². The molecule has 0 aromatic heterocycles. The topological polar surface area (TPSA) is 94.1 Å². The molecule has 1 aromatic rings. The van der Waals surface area contributed by atoms with Gasteiger partial charge in [0.2, 0.25) is 0 Å². The SMILES string of the molecule is O=C(NC1COCC1C(=O)O)c1cccc2c1OCCO2. The van der Waals surface area contributed by atoms with Crippen LogP contribution in [0.1, 0.15) is 10.4 Å². The number of benzene rings is 1. The monoisotopic (exact) mass is 293 g/mol. The number of hydrogen-bond acceptors (Lipinski definition) is 5. The van der Waals surface area contributed by atoms with Crippen molar-refractivity contribution in [3.05, 3.63) is 23.8 Å². The molecule has 2 aliphatic rings. The molecule has 7 heteroatoms. The van der Waals surface area contributed by atoms with Gasteiger partial charge in [0.25, 0.3) is 5.91 Å². The van der Waals surface area contributed by atoms with Gasteiger partial charge in [0.15, 0.2) is 11.5 Å². The summed E-state index contributed by atoms with van der Waals surface area (Å²) in [5.74, 6) is -1.18. The number of fused-ring (bicyclic) bond motifs is 1. The predicted octanol–water partition coefficient (Wildman–Crippen LogP) is 0.287. The van der Waals surface area contributed by atoms with E-state index in [0.717, 1.165) is 0 Å². The average Bonchev–Trinajstić information content (AvgIpc) is 2.95. The van der Waals surface area contributed by atoms with Crippen LogP contribution in [0.4, 0.5) is 0 Å². The molecule has 0 saturated carbocycles. The minimum absolute atomic E-state index is 0.104. The number of carboxylic acid groups (broad SMARTS) is 1. The normalized spacial score (nSPS) is 23.6. The third-order valence-electron chi connectivity index (χ3n) is 3.53. The minimum Gasteiger partial charge on any atom is -0.486 e. The molecule has 1 fully saturated rings. The van der Waals surface area contributed by atoms with Crippen molar-refractivity contribution in [1.29, 1.82) is 0 Å². The van der Waals surface area contributed by atoms with Crippen molar-refractivity contribution in [3.8, 4) is 11.5 Å². The Kier molecular flexibility index (Phi) is 3.66. The highest BCUT2D eigenvalue weighted by atomic mass is 16.6. The zero-order valence-electron chi connectivity index (χ0n) is 11.2. The van der Waals surface area contributed by atoms with E-state index in [-0.39, 0.29) is 19.1 Å². The molecular weight excluding hydrogens is 278 g/mol. The van der Waals surface area contributed by atoms with Gasteiger partial charge in [0.05, 0.1) is 24.8 Å². The molecule has 0 radical (unpaired) electrons. The number of rotatable bonds is 3. The fourth-order valence-corrected chi connectivity index (χ4v) is 2.44. The quantitative estimate of drug-likeness (QED) is 0.831. The van der Waals surface area contributed by atoms with Crippen molar-refractivity contribution in [1.82, 2.24) is 5.32 Å². The van der Waals surface area contributed by atoms with Crippen LogP contribution in [0, 0.1) is 5.92 Å². The highest BCUT2D eigenvalue weighted by molar-refractivity contribution is 5.98. The molecule has 2 aliphatic heterocycles. The standard InChI is InChI=1S/C14H15NO6/c16-13(15-10-7-19-6-9(10)14(17)18)8-2-1-3-11-12(8)21-5-4-20-11/h1-3,9-10H,4-7H2,(H,15,16)(H,17,18). The molecule has 2 N–H and O–H groups in total. The second-order valence-electron chi connectivity index (χ2n) is 4.89. The summed E-state index contributed by atoms with van der Waals surface area (Å²) in [5, 5.41) is 11.8. The van der Waals surface area contributed by atoms with Crippen molar-refractivity contribution < 1.29 is 28.9 Å². The summed E-state index contributed by atoms with van der Waals surface area (Å²) >= 11 is 0. The molecule has 2 atom stereocenters. The van der Waals surface area contributed by atoms with Gasteiger partial charge in [-0.2, -0.15) is 0 Å². The van der Waals surface area contributed by atoms with E-state index in [0.29, 0.717) is 30.3 Å². The Morgan fingerprint density at radius 3 is 2.81 bits per heavy atom. The van der Waals surface area contributed by atoms with Gasteiger partial charge < -0.3 is 24.6 Å². The van der Waals surface area contributed by atoms with Crippen LogP contribution in [0.3, 0.4) is 0 Å². The van der Waals surface area contributed by atoms with Gasteiger partial charge in [0, 0.05) is 0 Å². The first kappa shape index (κ1) is 13.7. The molecular formula is C14H15NO6. The number of amides is 1. The number of aliphatic carboxylic acids is 1. The fourth-order valence-electron chi connectivity index (χ4n) is 2.44. The van der Waals surface area contributed by atoms with E-state index in [2.05, 4.69) is 5.32 Å². The first-order valence-corrected chi connectivity index (χ1v) is 6.67. The van der Waals surface area contributed by atoms with Crippen LogP contribution >= 0.6 is 0 Å². The maximum Gasteiger partial charge on any atom is 0.311 e. The highest BCUT2D eigenvalue weighted by Gasteiger charge is 2.35. The Labute approximate surface area is 120 Å². The van der Waals surface area contributed by atoms with Gasteiger partial charge in [-0.25, -0.2) is 0 Å². The summed E-state index contributed by atoms with van der Waals surface area (Å²) in [7, 11) is 0. The number of carboxylic acids is 1. The lowest BCUT2D eigenvalue weighted by atomic mass is 10.0. The van der Waals surface area contributed by atoms with Crippen LogP contribution in [0.5, 0.6) is 11.5 Å². The molecule has 3 rings (SSSR count). The van der Waals surface area contributed by atoms with Crippen LogP contribution in [-0.2, 0) is 9.53 Å². The van der Waals surface area contributed by atoms with Gasteiger partial charge in [-0.05, 0) is 12.1 Å². The number of nitrogens with one attached hydrogen (secondary N) is 1. The van der Waals surface area contributed by atoms with Crippen LogP contribution in [0.25, 0.3) is 0 Å². The summed E-state index contributed by atoms with van der Waals surface area (Å²) in [5.41, 5.74) is 0.336. The molecule has 0 bridgehead atoms. The summed E-state index contributed by atoms with van der Waals surface area (Å²) < 4.78 is 16.0. The molecule has 1 amide bonds. The second kappa shape index (κ2) is 5.61. The van der Waals surface area contributed by atoms with E-state index in [9.17, 15) is 9.59 Å². The summed E-state index contributed by atoms with van der Waals surface area (Å²) in [6.45, 7) is 1.11. The van der Waals surface area contributed by atoms with E-state index in [1.165, 1.54) is 0 Å². The van der Waals surface area contributed by atoms with E-state index >= 15 is 0 Å². The van der Waals surface area contributed by atoms with Crippen molar-refractivity contribution >= 4 is 11.9 Å². The number of hydrogen-bond donors (Lipinski definition) is 2. The molecule has 21 heavy (non-hydrogen) atoms. The molecule has 7 nitrogen and oxygen atoms in total. The number of para-hydroxylation sites is 1. The lowest BCUT2D eigenvalue weighted by molar-refractivity contribution is -0.142. The van der Waals surface area contributed by atoms with E-state index in [1.54, 1.807) is 18.2 Å².